The van der Waals surface area contributed by atoms with Crippen molar-refractivity contribution in [1.82, 2.24) is 24.3 Å². The Bertz CT molecular complexity index is 2820. The molecule has 0 N–H and O–H groups in total. The molecule has 0 aliphatic rings. The molecule has 0 saturated carbocycles. The van der Waals surface area contributed by atoms with Gasteiger partial charge < -0.3 is 0 Å². The van der Waals surface area contributed by atoms with Gasteiger partial charge in [0, 0.05) is 34.1 Å². The van der Waals surface area contributed by atoms with Crippen LogP contribution in [0.25, 0.3) is 93.4 Å². The lowest BCUT2D eigenvalue weighted by Gasteiger charge is -2.14. The van der Waals surface area contributed by atoms with Crippen molar-refractivity contribution in [2.24, 2.45) is 0 Å². The van der Waals surface area contributed by atoms with Crippen LogP contribution in [-0.4, -0.2) is 24.3 Å². The molecule has 6 aromatic carbocycles. The topological polar surface area (TPSA) is 56.0 Å². The lowest BCUT2D eigenvalue weighted by molar-refractivity contribution is 1.23. The molecule has 10 aromatic rings. The summed E-state index contributed by atoms with van der Waals surface area (Å²) in [5.41, 5.74) is 8.15. The smallest absolute Gasteiger partial charge is 0.137 e. The molecule has 0 aliphatic heterocycles. The molecule has 5 heteroatoms. The van der Waals surface area contributed by atoms with Gasteiger partial charge in [0.15, 0.2) is 0 Å². The Kier molecular flexibility index (Phi) is 4.93. The minimum absolute atomic E-state index is 0.767. The Labute approximate surface area is 257 Å². The number of hydrogen-bond donors (Lipinski definition) is 0. The molecule has 0 fully saturated rings. The van der Waals surface area contributed by atoms with Crippen LogP contribution in [0.4, 0.5) is 0 Å². The normalized spacial score (nSPS) is 12.0. The number of fused-ring (bicyclic) bond motifs is 13. The molecule has 0 amide bonds. The van der Waals surface area contributed by atoms with Crippen LogP contribution in [0.15, 0.2) is 140 Å². The third-order valence-electron chi connectivity index (χ3n) is 9.00. The second kappa shape index (κ2) is 9.15. The lowest BCUT2D eigenvalue weighted by atomic mass is 9.93. The summed E-state index contributed by atoms with van der Waals surface area (Å²) in [7, 11) is 0. The number of hydrogen-bond acceptors (Lipinski definition) is 4. The van der Waals surface area contributed by atoms with Gasteiger partial charge in [0.05, 0.1) is 33.5 Å². The van der Waals surface area contributed by atoms with Gasteiger partial charge in [-0.2, -0.15) is 0 Å². The minimum Gasteiger partial charge on any atom is -0.299 e. The van der Waals surface area contributed by atoms with Crippen LogP contribution in [-0.2, 0) is 0 Å². The highest BCUT2D eigenvalue weighted by Crippen LogP contribution is 2.41. The van der Waals surface area contributed by atoms with E-state index in [0.717, 1.165) is 77.3 Å². The van der Waals surface area contributed by atoms with E-state index in [1.54, 1.807) is 0 Å². The molecule has 0 atom stereocenters. The molecule has 5 nitrogen and oxygen atoms in total. The highest BCUT2D eigenvalue weighted by atomic mass is 15.0. The van der Waals surface area contributed by atoms with Crippen LogP contribution in [0.1, 0.15) is 0 Å². The van der Waals surface area contributed by atoms with E-state index in [9.17, 15) is 0 Å². The fourth-order valence-electron chi connectivity index (χ4n) is 6.98. The van der Waals surface area contributed by atoms with Crippen molar-refractivity contribution in [2.45, 2.75) is 0 Å². The fourth-order valence-corrected chi connectivity index (χ4v) is 6.98. The van der Waals surface area contributed by atoms with Crippen LogP contribution in [0.3, 0.4) is 0 Å². The van der Waals surface area contributed by atoms with Crippen LogP contribution >= 0.6 is 0 Å². The van der Waals surface area contributed by atoms with E-state index in [2.05, 4.69) is 114 Å². The second-order valence-corrected chi connectivity index (χ2v) is 11.5. The van der Waals surface area contributed by atoms with Gasteiger partial charge in [0.1, 0.15) is 11.3 Å². The standard InChI is InChI=1S/C40H23N5/c1-3-11-27-24(9-1)15-19-30-35(27)31-23-26(16-18-29(31)40-38(30)43-34-14-6-8-22-45(34)40)36-39(32-13-5-7-21-41-32)44-37-28-12-4-2-10-25(28)17-20-33(37)42-36/h1-23H. The minimum atomic E-state index is 0.767. The largest absolute Gasteiger partial charge is 0.299 e. The van der Waals surface area contributed by atoms with Gasteiger partial charge in [-0.05, 0) is 63.3 Å². The molecule has 0 saturated heterocycles. The summed E-state index contributed by atoms with van der Waals surface area (Å²) in [4.78, 5) is 20.4. The van der Waals surface area contributed by atoms with Gasteiger partial charge in [-0.3, -0.25) is 9.38 Å². The Hall–Kier alpha value is -6.20. The monoisotopic (exact) mass is 573 g/mol. The molecule has 208 valence electrons. The first-order valence-electron chi connectivity index (χ1n) is 15.1. The zero-order chi connectivity index (χ0) is 29.5. The van der Waals surface area contributed by atoms with Gasteiger partial charge in [-0.25, -0.2) is 15.0 Å². The van der Waals surface area contributed by atoms with Gasteiger partial charge in [0.2, 0.25) is 0 Å². The third-order valence-corrected chi connectivity index (χ3v) is 9.00. The zero-order valence-electron chi connectivity index (χ0n) is 24.0. The summed E-state index contributed by atoms with van der Waals surface area (Å²) < 4.78 is 2.20. The summed E-state index contributed by atoms with van der Waals surface area (Å²) in [6.07, 6.45) is 3.92. The van der Waals surface area contributed by atoms with Crippen LogP contribution < -0.4 is 0 Å². The highest BCUT2D eigenvalue weighted by Gasteiger charge is 2.20. The van der Waals surface area contributed by atoms with Crippen molar-refractivity contribution >= 4 is 70.8 Å². The predicted octanol–water partition coefficient (Wildman–Crippen LogP) is 9.77. The first-order valence-corrected chi connectivity index (χ1v) is 15.1. The Morgan fingerprint density at radius 3 is 2.16 bits per heavy atom. The van der Waals surface area contributed by atoms with E-state index in [1.807, 2.05) is 30.5 Å². The van der Waals surface area contributed by atoms with Crippen LogP contribution in [0, 0.1) is 0 Å². The second-order valence-electron chi connectivity index (χ2n) is 11.5. The van der Waals surface area contributed by atoms with E-state index in [1.165, 1.54) is 16.2 Å². The molecule has 4 aromatic heterocycles. The predicted molar refractivity (Wildman–Crippen MR) is 184 cm³/mol. The molecule has 4 heterocycles. The maximum atomic E-state index is 5.30. The number of benzene rings is 6. The van der Waals surface area contributed by atoms with Crippen molar-refractivity contribution < 1.29 is 0 Å². The zero-order valence-corrected chi connectivity index (χ0v) is 24.0. The number of pyridine rings is 2. The first kappa shape index (κ1) is 24.3. The summed E-state index contributed by atoms with van der Waals surface area (Å²) in [6.45, 7) is 0. The van der Waals surface area contributed by atoms with Gasteiger partial charge >= 0.3 is 0 Å². The highest BCUT2D eigenvalue weighted by molar-refractivity contribution is 6.31. The third kappa shape index (κ3) is 3.49. The SMILES string of the molecule is c1ccc(-c2nc3c(ccc4ccccc43)nc2-c2ccc3c(c2)c2c4ccccc4ccc2c2nc4ccccn4c32)nc1. The Balaban J connectivity index is 1.36. The van der Waals surface area contributed by atoms with Gasteiger partial charge in [-0.1, -0.05) is 91.0 Å². The summed E-state index contributed by atoms with van der Waals surface area (Å²) in [6, 6.07) is 44.4. The van der Waals surface area contributed by atoms with Crippen molar-refractivity contribution in [3.63, 3.8) is 0 Å². The average Bonchev–Trinajstić information content (AvgIpc) is 3.51. The van der Waals surface area contributed by atoms with Gasteiger partial charge in [-0.15, -0.1) is 0 Å². The number of rotatable bonds is 2. The summed E-state index contributed by atoms with van der Waals surface area (Å²) in [5.74, 6) is 0. The molecule has 0 aliphatic carbocycles. The summed E-state index contributed by atoms with van der Waals surface area (Å²) in [5, 5.41) is 9.26. The fraction of sp³-hybridized carbons (Fsp3) is 0. The Morgan fingerprint density at radius 2 is 1.27 bits per heavy atom. The molecule has 0 radical (unpaired) electrons. The van der Waals surface area contributed by atoms with E-state index in [4.69, 9.17) is 19.9 Å². The quantitative estimate of drug-likeness (QED) is 0.193. The number of nitrogens with zero attached hydrogens (tertiary/aromatic N) is 5. The maximum Gasteiger partial charge on any atom is 0.137 e. The van der Waals surface area contributed by atoms with E-state index < -0.39 is 0 Å². The molecule has 45 heavy (non-hydrogen) atoms. The van der Waals surface area contributed by atoms with Crippen molar-refractivity contribution in [1.29, 1.82) is 0 Å². The van der Waals surface area contributed by atoms with Crippen molar-refractivity contribution in [3.8, 4) is 22.6 Å². The van der Waals surface area contributed by atoms with E-state index in [-0.39, 0.29) is 0 Å². The van der Waals surface area contributed by atoms with E-state index in [0.29, 0.717) is 0 Å². The summed E-state index contributed by atoms with van der Waals surface area (Å²) >= 11 is 0. The number of aromatic nitrogens is 5. The molecular formula is C40H23N5. The van der Waals surface area contributed by atoms with Crippen molar-refractivity contribution in [2.75, 3.05) is 0 Å². The average molecular weight is 574 g/mol. The lowest BCUT2D eigenvalue weighted by Crippen LogP contribution is -1.98. The van der Waals surface area contributed by atoms with Crippen molar-refractivity contribution in [3.05, 3.63) is 140 Å². The van der Waals surface area contributed by atoms with Crippen LogP contribution in [0.5, 0.6) is 0 Å². The van der Waals surface area contributed by atoms with Gasteiger partial charge in [0.25, 0.3) is 0 Å². The molecule has 0 spiro atoms. The number of imidazole rings is 1. The molecule has 0 unspecified atom stereocenters. The molecule has 0 bridgehead atoms. The first-order chi connectivity index (χ1) is 22.3. The molecule has 10 rings (SSSR count). The Morgan fingerprint density at radius 1 is 0.489 bits per heavy atom. The maximum absolute atomic E-state index is 5.30. The van der Waals surface area contributed by atoms with Crippen LogP contribution in [0.2, 0.25) is 0 Å². The van der Waals surface area contributed by atoms with E-state index >= 15 is 0 Å². The molecular weight excluding hydrogens is 550 g/mol.